The van der Waals surface area contributed by atoms with Crippen molar-refractivity contribution in [2.24, 2.45) is 29.1 Å². The van der Waals surface area contributed by atoms with Crippen LogP contribution in [0.4, 0.5) is 0 Å². The number of ether oxygens (including phenoxy) is 1. The second-order valence-electron chi connectivity index (χ2n) is 10.2. The van der Waals surface area contributed by atoms with Gasteiger partial charge in [0.25, 0.3) is 0 Å². The fourth-order valence-corrected chi connectivity index (χ4v) is 4.76. The highest BCUT2D eigenvalue weighted by atomic mass is 16.5. The Morgan fingerprint density at radius 2 is 1.90 bits per heavy atom. The lowest BCUT2D eigenvalue weighted by molar-refractivity contribution is -0.164. The summed E-state index contributed by atoms with van der Waals surface area (Å²) in [5.41, 5.74) is 0.682. The number of carboxylic acids is 1. The van der Waals surface area contributed by atoms with E-state index >= 15 is 0 Å². The van der Waals surface area contributed by atoms with Gasteiger partial charge in [-0.3, -0.25) is 9.59 Å². The molecule has 0 aromatic rings. The molecule has 7 atom stereocenters. The maximum atomic E-state index is 12.8. The van der Waals surface area contributed by atoms with E-state index in [4.69, 9.17) is 9.84 Å². The average Bonchev–Trinajstić information content (AvgIpc) is 2.66. The van der Waals surface area contributed by atoms with Crippen LogP contribution in [0.3, 0.4) is 0 Å². The van der Waals surface area contributed by atoms with E-state index in [0.717, 1.165) is 6.42 Å². The quantitative estimate of drug-likeness (QED) is 0.445. The molecule has 0 aromatic carbocycles. The predicted octanol–water partition coefficient (Wildman–Crippen LogP) is 4.11. The molecule has 0 unspecified atom stereocenters. The molecule has 31 heavy (non-hydrogen) atoms. The van der Waals surface area contributed by atoms with Crippen molar-refractivity contribution in [2.75, 3.05) is 0 Å². The van der Waals surface area contributed by atoms with Gasteiger partial charge in [0, 0.05) is 5.92 Å². The van der Waals surface area contributed by atoms with E-state index in [1.54, 1.807) is 0 Å². The first kappa shape index (κ1) is 25.6. The monoisotopic (exact) mass is 436 g/mol. The maximum Gasteiger partial charge on any atom is 0.311 e. The minimum Gasteiger partial charge on any atom is -0.481 e. The molecule has 0 amide bonds. The lowest BCUT2D eigenvalue weighted by Crippen LogP contribution is -2.43. The molecule has 3 N–H and O–H groups in total. The lowest BCUT2D eigenvalue weighted by atomic mass is 9.65. The number of rotatable bonds is 10. The largest absolute Gasteiger partial charge is 0.481 e. The van der Waals surface area contributed by atoms with Crippen molar-refractivity contribution in [3.8, 4) is 0 Å². The van der Waals surface area contributed by atoms with Crippen LogP contribution in [0.25, 0.3) is 0 Å². The third-order valence-electron chi connectivity index (χ3n) is 7.08. The Morgan fingerprint density at radius 3 is 2.52 bits per heavy atom. The molecular weight excluding hydrogens is 396 g/mol. The number of carboxylic acid groups (broad SMARTS) is 1. The molecule has 176 valence electrons. The summed E-state index contributed by atoms with van der Waals surface area (Å²) >= 11 is 0. The van der Waals surface area contributed by atoms with Crippen LogP contribution in [0.1, 0.15) is 73.1 Å². The Hall–Kier alpha value is -1.66. The zero-order valence-corrected chi connectivity index (χ0v) is 19.6. The van der Waals surface area contributed by atoms with E-state index in [1.165, 1.54) is 5.57 Å². The third-order valence-corrected chi connectivity index (χ3v) is 7.08. The molecular formula is C25H40O6. The number of carbonyl (C=O) groups excluding carboxylic acids is 1. The van der Waals surface area contributed by atoms with Crippen LogP contribution in [0, 0.1) is 29.1 Å². The van der Waals surface area contributed by atoms with Crippen molar-refractivity contribution in [1.82, 2.24) is 0 Å². The van der Waals surface area contributed by atoms with Gasteiger partial charge in [0.15, 0.2) is 0 Å². The van der Waals surface area contributed by atoms with E-state index in [-0.39, 0.29) is 42.7 Å². The highest BCUT2D eigenvalue weighted by Crippen LogP contribution is 2.45. The minimum atomic E-state index is -1.07. The topological polar surface area (TPSA) is 104 Å². The Kier molecular flexibility index (Phi) is 8.90. The van der Waals surface area contributed by atoms with Gasteiger partial charge in [-0.1, -0.05) is 39.0 Å². The molecule has 2 aliphatic carbocycles. The van der Waals surface area contributed by atoms with Crippen molar-refractivity contribution < 1.29 is 29.6 Å². The fourth-order valence-electron chi connectivity index (χ4n) is 4.76. The summed E-state index contributed by atoms with van der Waals surface area (Å²) in [4.78, 5) is 23.6. The van der Waals surface area contributed by atoms with Crippen LogP contribution in [0.2, 0.25) is 0 Å². The van der Waals surface area contributed by atoms with Gasteiger partial charge in [-0.2, -0.15) is 0 Å². The van der Waals surface area contributed by atoms with Crippen molar-refractivity contribution in [3.05, 3.63) is 23.8 Å². The van der Waals surface area contributed by atoms with E-state index in [2.05, 4.69) is 32.1 Å². The molecule has 0 aromatic heterocycles. The van der Waals surface area contributed by atoms with Crippen molar-refractivity contribution in [2.45, 2.75) is 91.5 Å². The zero-order valence-electron chi connectivity index (χ0n) is 19.6. The standard InChI is InChI=1S/C25H40O6/c1-6-25(4,5)24(30)31-21-12-15(2)11-17-8-7-16(3)20(23(17)21)10-9-18(26)13-19(27)14-22(28)29/h7-8,11,15-16,18-21,23,26-27H,6,9-10,12-14H2,1-5H3,(H,28,29)/t15-,16-,18+,19+,20-,21-,23-/m1/s1. The van der Waals surface area contributed by atoms with Crippen molar-refractivity contribution >= 4 is 11.9 Å². The molecule has 6 nitrogen and oxygen atoms in total. The zero-order chi connectivity index (χ0) is 23.3. The van der Waals surface area contributed by atoms with Gasteiger partial charge < -0.3 is 20.1 Å². The van der Waals surface area contributed by atoms with Crippen LogP contribution in [0.15, 0.2) is 23.8 Å². The molecule has 0 heterocycles. The summed E-state index contributed by atoms with van der Waals surface area (Å²) in [5, 5.41) is 29.0. The highest BCUT2D eigenvalue weighted by molar-refractivity contribution is 5.76. The third kappa shape index (κ3) is 6.91. The number of hydrogen-bond acceptors (Lipinski definition) is 5. The van der Waals surface area contributed by atoms with Gasteiger partial charge in [0.05, 0.1) is 24.0 Å². The first-order valence-corrected chi connectivity index (χ1v) is 11.6. The summed E-state index contributed by atoms with van der Waals surface area (Å²) in [5.74, 6) is -0.347. The highest BCUT2D eigenvalue weighted by Gasteiger charge is 2.42. The van der Waals surface area contributed by atoms with Gasteiger partial charge in [-0.15, -0.1) is 0 Å². The van der Waals surface area contributed by atoms with Crippen LogP contribution in [0.5, 0.6) is 0 Å². The van der Waals surface area contributed by atoms with Gasteiger partial charge in [-0.05, 0) is 69.3 Å². The van der Waals surface area contributed by atoms with E-state index in [9.17, 15) is 19.8 Å². The molecule has 0 aliphatic heterocycles. The number of fused-ring (bicyclic) bond motifs is 1. The molecule has 6 heteroatoms. The van der Waals surface area contributed by atoms with E-state index < -0.39 is 23.6 Å². The summed E-state index contributed by atoms with van der Waals surface area (Å²) in [6.45, 7) is 10.1. The Bertz CT molecular complexity index is 694. The Balaban J connectivity index is 2.12. The SMILES string of the molecule is CCC(C)(C)C(=O)O[C@@H]1C[C@H](C)C=C2C=C[C@@H](C)[C@@H](CC[C@H](O)C[C@H](O)CC(=O)O)[C@@H]21. The minimum absolute atomic E-state index is 0.0523. The molecule has 0 fully saturated rings. The Labute approximate surface area is 186 Å². The number of carbonyl (C=O) groups is 2. The molecule has 0 bridgehead atoms. The van der Waals surface area contributed by atoms with Gasteiger partial charge in [0.2, 0.25) is 0 Å². The average molecular weight is 437 g/mol. The molecule has 0 radical (unpaired) electrons. The predicted molar refractivity (Wildman–Crippen MR) is 119 cm³/mol. The van der Waals surface area contributed by atoms with E-state index in [1.807, 2.05) is 20.8 Å². The van der Waals surface area contributed by atoms with Crippen LogP contribution in [-0.4, -0.2) is 45.6 Å². The number of aliphatic hydroxyl groups excluding tert-OH is 2. The summed E-state index contributed by atoms with van der Waals surface area (Å²) in [6, 6.07) is 0. The first-order valence-electron chi connectivity index (χ1n) is 11.6. The number of allylic oxidation sites excluding steroid dienone is 3. The maximum absolute atomic E-state index is 12.8. The van der Waals surface area contributed by atoms with Gasteiger partial charge in [-0.25, -0.2) is 0 Å². The summed E-state index contributed by atoms with van der Waals surface area (Å²) in [7, 11) is 0. The van der Waals surface area contributed by atoms with Crippen LogP contribution < -0.4 is 0 Å². The fraction of sp³-hybridized carbons (Fsp3) is 0.760. The molecule has 0 saturated carbocycles. The van der Waals surface area contributed by atoms with Gasteiger partial charge >= 0.3 is 11.9 Å². The number of hydrogen-bond donors (Lipinski definition) is 3. The number of esters is 1. The summed E-state index contributed by atoms with van der Waals surface area (Å²) < 4.78 is 6.10. The molecule has 0 spiro atoms. The first-order chi connectivity index (χ1) is 14.4. The Morgan fingerprint density at radius 1 is 1.23 bits per heavy atom. The molecule has 2 aliphatic rings. The smallest absolute Gasteiger partial charge is 0.311 e. The second-order valence-corrected chi connectivity index (χ2v) is 10.2. The van der Waals surface area contributed by atoms with Crippen LogP contribution >= 0.6 is 0 Å². The molecule has 0 saturated heterocycles. The normalized spacial score (nSPS) is 30.2. The van der Waals surface area contributed by atoms with Crippen molar-refractivity contribution in [1.29, 1.82) is 0 Å². The van der Waals surface area contributed by atoms with Crippen molar-refractivity contribution in [3.63, 3.8) is 0 Å². The van der Waals surface area contributed by atoms with Gasteiger partial charge in [0.1, 0.15) is 6.10 Å². The molecule has 2 rings (SSSR count). The van der Waals surface area contributed by atoms with Crippen LogP contribution in [-0.2, 0) is 14.3 Å². The number of aliphatic carboxylic acids is 1. The second kappa shape index (κ2) is 10.8. The van der Waals surface area contributed by atoms with E-state index in [0.29, 0.717) is 25.2 Å². The lowest BCUT2D eigenvalue weighted by Gasteiger charge is -2.44. The summed E-state index contributed by atoms with van der Waals surface area (Å²) in [6.07, 6.45) is 6.98. The number of aliphatic hydroxyl groups is 2.